The number of thiazole rings is 1. The number of nitrogens with zero attached hydrogens (tertiary/aromatic N) is 1. The molecule has 0 spiro atoms. The van der Waals surface area contributed by atoms with E-state index in [-0.39, 0.29) is 0 Å². The topological polar surface area (TPSA) is 24.9 Å². The number of nitrogens with one attached hydrogen (secondary N) is 1. The molecule has 1 aromatic heterocycles. The highest BCUT2D eigenvalue weighted by molar-refractivity contribution is 7.22. The predicted octanol–water partition coefficient (Wildman–Crippen LogP) is 4.78. The van der Waals surface area contributed by atoms with Crippen molar-refractivity contribution < 1.29 is 0 Å². The maximum absolute atomic E-state index is 4.73. The lowest BCUT2D eigenvalue weighted by molar-refractivity contribution is 0.902. The molecule has 0 aliphatic carbocycles. The number of aromatic nitrogens is 1. The number of fused-ring (bicyclic) bond motifs is 1. The van der Waals surface area contributed by atoms with Crippen molar-refractivity contribution >= 4 is 27.2 Å². The van der Waals surface area contributed by atoms with E-state index in [1.807, 2.05) is 6.07 Å². The number of hydrogen-bond acceptors (Lipinski definition) is 3. The molecule has 0 bridgehead atoms. The van der Waals surface area contributed by atoms with Crippen LogP contribution in [0.2, 0.25) is 0 Å². The van der Waals surface area contributed by atoms with Gasteiger partial charge in [-0.15, -0.1) is 11.3 Å². The first-order valence-corrected chi connectivity index (χ1v) is 7.27. The fourth-order valence-electron chi connectivity index (χ4n) is 2.08. The highest BCUT2D eigenvalue weighted by Crippen LogP contribution is 2.34. The van der Waals surface area contributed by atoms with Gasteiger partial charge in [0.05, 0.1) is 15.9 Å². The molecule has 1 N–H and O–H groups in total. The van der Waals surface area contributed by atoms with Crippen molar-refractivity contribution in [3.8, 4) is 10.6 Å². The molecule has 1 heterocycles. The second kappa shape index (κ2) is 5.02. The average molecular weight is 268 g/mol. The van der Waals surface area contributed by atoms with E-state index in [4.69, 9.17) is 4.98 Å². The van der Waals surface area contributed by atoms with Crippen molar-refractivity contribution in [2.45, 2.75) is 19.9 Å². The molecule has 0 saturated carbocycles. The first kappa shape index (κ1) is 12.2. The van der Waals surface area contributed by atoms with E-state index in [1.165, 1.54) is 16.0 Å². The third-order valence-corrected chi connectivity index (χ3v) is 4.03. The summed E-state index contributed by atoms with van der Waals surface area (Å²) in [6, 6.07) is 17.0. The minimum absolute atomic E-state index is 0.424. The minimum atomic E-state index is 0.424. The Morgan fingerprint density at radius 1 is 1.00 bits per heavy atom. The highest BCUT2D eigenvalue weighted by atomic mass is 32.1. The first-order chi connectivity index (χ1) is 9.24. The molecular formula is C16H16N2S. The third kappa shape index (κ3) is 2.47. The van der Waals surface area contributed by atoms with Crippen LogP contribution in [0.1, 0.15) is 13.8 Å². The predicted molar refractivity (Wildman–Crippen MR) is 83.8 cm³/mol. The maximum atomic E-state index is 4.73. The van der Waals surface area contributed by atoms with Gasteiger partial charge in [0.25, 0.3) is 0 Å². The summed E-state index contributed by atoms with van der Waals surface area (Å²) in [4.78, 5) is 4.73. The number of hydrogen-bond donors (Lipinski definition) is 1. The van der Waals surface area contributed by atoms with E-state index in [0.717, 1.165) is 10.5 Å². The molecule has 0 radical (unpaired) electrons. The van der Waals surface area contributed by atoms with Crippen LogP contribution >= 0.6 is 11.3 Å². The van der Waals surface area contributed by atoms with Crippen molar-refractivity contribution in [2.24, 2.45) is 0 Å². The SMILES string of the molecule is CC(C)Nc1cccc2nc(-c3ccccc3)sc12. The summed E-state index contributed by atoms with van der Waals surface area (Å²) >= 11 is 1.75. The van der Waals surface area contributed by atoms with Crippen LogP contribution in [0.3, 0.4) is 0 Å². The summed E-state index contributed by atoms with van der Waals surface area (Å²) in [5.74, 6) is 0. The van der Waals surface area contributed by atoms with Gasteiger partial charge in [-0.2, -0.15) is 0 Å². The van der Waals surface area contributed by atoms with Crippen LogP contribution in [0, 0.1) is 0 Å². The molecule has 0 saturated heterocycles. The second-order valence-corrected chi connectivity index (χ2v) is 5.84. The monoisotopic (exact) mass is 268 g/mol. The summed E-state index contributed by atoms with van der Waals surface area (Å²) in [5.41, 5.74) is 3.42. The van der Waals surface area contributed by atoms with Crippen LogP contribution in [0.4, 0.5) is 5.69 Å². The summed E-state index contributed by atoms with van der Waals surface area (Å²) in [6.45, 7) is 4.30. The lowest BCUT2D eigenvalue weighted by Gasteiger charge is -2.09. The van der Waals surface area contributed by atoms with Crippen molar-refractivity contribution in [1.82, 2.24) is 4.98 Å². The fourth-order valence-corrected chi connectivity index (χ4v) is 3.12. The Bertz CT molecular complexity index is 686. The Hall–Kier alpha value is -1.87. The zero-order chi connectivity index (χ0) is 13.2. The smallest absolute Gasteiger partial charge is 0.124 e. The number of benzene rings is 2. The van der Waals surface area contributed by atoms with Crippen molar-refractivity contribution in [3.63, 3.8) is 0 Å². The number of anilines is 1. The van der Waals surface area contributed by atoms with Gasteiger partial charge in [-0.05, 0) is 26.0 Å². The van der Waals surface area contributed by atoms with Crippen LogP contribution in [-0.2, 0) is 0 Å². The van der Waals surface area contributed by atoms with Crippen molar-refractivity contribution in [1.29, 1.82) is 0 Å². The van der Waals surface area contributed by atoms with Gasteiger partial charge in [0.1, 0.15) is 5.01 Å². The summed E-state index contributed by atoms with van der Waals surface area (Å²) in [5, 5.41) is 4.56. The molecule has 96 valence electrons. The molecule has 0 amide bonds. The highest BCUT2D eigenvalue weighted by Gasteiger charge is 2.09. The molecule has 0 fully saturated rings. The number of rotatable bonds is 3. The Kier molecular flexibility index (Phi) is 3.22. The van der Waals surface area contributed by atoms with Crippen LogP contribution in [-0.4, -0.2) is 11.0 Å². The third-order valence-electron chi connectivity index (χ3n) is 2.88. The van der Waals surface area contributed by atoms with E-state index in [2.05, 4.69) is 61.6 Å². The average Bonchev–Trinajstić information content (AvgIpc) is 2.84. The second-order valence-electron chi connectivity index (χ2n) is 4.84. The fraction of sp³-hybridized carbons (Fsp3) is 0.188. The summed E-state index contributed by atoms with van der Waals surface area (Å²) in [6.07, 6.45) is 0. The van der Waals surface area contributed by atoms with Crippen LogP contribution in [0.5, 0.6) is 0 Å². The molecule has 0 aliphatic heterocycles. The normalized spacial score (nSPS) is 11.1. The minimum Gasteiger partial charge on any atom is -0.382 e. The maximum Gasteiger partial charge on any atom is 0.124 e. The van der Waals surface area contributed by atoms with Crippen molar-refractivity contribution in [3.05, 3.63) is 48.5 Å². The van der Waals surface area contributed by atoms with Crippen molar-refractivity contribution in [2.75, 3.05) is 5.32 Å². The quantitative estimate of drug-likeness (QED) is 0.739. The van der Waals surface area contributed by atoms with Gasteiger partial charge in [0.15, 0.2) is 0 Å². The summed E-state index contributed by atoms with van der Waals surface area (Å²) in [7, 11) is 0. The molecule has 0 atom stereocenters. The van der Waals surface area contributed by atoms with E-state index < -0.39 is 0 Å². The molecule has 2 aromatic carbocycles. The molecular weight excluding hydrogens is 252 g/mol. The molecule has 3 heteroatoms. The molecule has 3 rings (SSSR count). The zero-order valence-electron chi connectivity index (χ0n) is 11.1. The standard InChI is InChI=1S/C16H16N2S/c1-11(2)17-13-9-6-10-14-15(13)19-16(18-14)12-7-4-3-5-8-12/h3-11,17H,1-2H3. The molecule has 2 nitrogen and oxygen atoms in total. The van der Waals surface area contributed by atoms with Crippen LogP contribution < -0.4 is 5.32 Å². The Labute approximate surface area is 117 Å². The van der Waals surface area contributed by atoms with E-state index >= 15 is 0 Å². The van der Waals surface area contributed by atoms with Gasteiger partial charge < -0.3 is 5.32 Å². The van der Waals surface area contributed by atoms with E-state index in [0.29, 0.717) is 6.04 Å². The Balaban J connectivity index is 2.11. The Morgan fingerprint density at radius 3 is 2.53 bits per heavy atom. The summed E-state index contributed by atoms with van der Waals surface area (Å²) < 4.78 is 1.23. The van der Waals surface area contributed by atoms with Gasteiger partial charge in [0.2, 0.25) is 0 Å². The van der Waals surface area contributed by atoms with Gasteiger partial charge in [-0.1, -0.05) is 36.4 Å². The van der Waals surface area contributed by atoms with Crippen LogP contribution in [0.25, 0.3) is 20.8 Å². The molecule has 0 aliphatic rings. The van der Waals surface area contributed by atoms with Gasteiger partial charge >= 0.3 is 0 Å². The van der Waals surface area contributed by atoms with Gasteiger partial charge in [-0.3, -0.25) is 0 Å². The zero-order valence-corrected chi connectivity index (χ0v) is 11.9. The molecule has 19 heavy (non-hydrogen) atoms. The lowest BCUT2D eigenvalue weighted by atomic mass is 10.2. The van der Waals surface area contributed by atoms with Gasteiger partial charge in [0, 0.05) is 11.6 Å². The first-order valence-electron chi connectivity index (χ1n) is 6.45. The Morgan fingerprint density at radius 2 is 1.79 bits per heavy atom. The van der Waals surface area contributed by atoms with Gasteiger partial charge in [-0.25, -0.2) is 4.98 Å². The van der Waals surface area contributed by atoms with Crippen LogP contribution in [0.15, 0.2) is 48.5 Å². The van der Waals surface area contributed by atoms with E-state index in [9.17, 15) is 0 Å². The molecule has 3 aromatic rings. The van der Waals surface area contributed by atoms with E-state index in [1.54, 1.807) is 11.3 Å². The lowest BCUT2D eigenvalue weighted by Crippen LogP contribution is -2.09. The molecule has 0 unspecified atom stereocenters. The largest absolute Gasteiger partial charge is 0.382 e.